The van der Waals surface area contributed by atoms with Crippen LogP contribution < -0.4 is 0 Å². The van der Waals surface area contributed by atoms with E-state index in [-0.39, 0.29) is 5.54 Å². The Morgan fingerprint density at radius 2 is 1.43 bits per heavy atom. The van der Waals surface area contributed by atoms with E-state index in [1.165, 1.54) is 23.9 Å². The zero-order valence-corrected chi connectivity index (χ0v) is 9.62. The highest BCUT2D eigenvalue weighted by atomic mass is 16.6. The fraction of sp³-hybridized carbons (Fsp3) is 0.778. The van der Waals surface area contributed by atoms with Gasteiger partial charge >= 0.3 is 12.2 Å². The van der Waals surface area contributed by atoms with Gasteiger partial charge in [0, 0.05) is 26.7 Å². The van der Waals surface area contributed by atoms with Crippen LogP contribution in [0.5, 0.6) is 0 Å². The van der Waals surface area contributed by atoms with Gasteiger partial charge in [0.15, 0.2) is 0 Å². The van der Waals surface area contributed by atoms with Crippen LogP contribution in [0.1, 0.15) is 20.8 Å². The Hall–Kier alpha value is -1.26. The Morgan fingerprint density at radius 3 is 1.71 bits per heavy atom. The first-order valence-corrected chi connectivity index (χ1v) is 4.33. The number of hydrogen-bond donors (Lipinski definition) is 0. The van der Waals surface area contributed by atoms with Crippen LogP contribution >= 0.6 is 0 Å². The van der Waals surface area contributed by atoms with Gasteiger partial charge in [0.05, 0.1) is 0 Å². The molecule has 2 amide bonds. The normalized spacial score (nSPS) is 10.7. The van der Waals surface area contributed by atoms with E-state index >= 15 is 0 Å². The third-order valence-corrected chi connectivity index (χ3v) is 1.82. The predicted octanol–water partition coefficient (Wildman–Crippen LogP) is 1.53. The monoisotopic (exact) mass is 202 g/mol. The van der Waals surface area contributed by atoms with E-state index in [1.807, 2.05) is 20.8 Å². The van der Waals surface area contributed by atoms with Crippen molar-refractivity contribution in [2.24, 2.45) is 0 Å². The first-order chi connectivity index (χ1) is 6.16. The Kier molecular flexibility index (Phi) is 3.92. The zero-order chi connectivity index (χ0) is 11.5. The molecule has 0 spiro atoms. The summed E-state index contributed by atoms with van der Waals surface area (Å²) in [5, 5.41) is 0. The summed E-state index contributed by atoms with van der Waals surface area (Å²) in [6, 6.07) is 0. The molecule has 82 valence electrons. The van der Waals surface area contributed by atoms with Crippen molar-refractivity contribution in [2.45, 2.75) is 26.3 Å². The summed E-state index contributed by atoms with van der Waals surface area (Å²) in [5.41, 5.74) is -0.357. The lowest BCUT2D eigenvalue weighted by Gasteiger charge is -2.30. The van der Waals surface area contributed by atoms with E-state index in [4.69, 9.17) is 0 Å². The second-order valence-corrected chi connectivity index (χ2v) is 4.26. The van der Waals surface area contributed by atoms with Crippen LogP contribution in [-0.2, 0) is 4.74 Å². The quantitative estimate of drug-likeness (QED) is 0.560. The van der Waals surface area contributed by atoms with Crippen molar-refractivity contribution in [3.05, 3.63) is 0 Å². The Labute approximate surface area is 84.6 Å². The van der Waals surface area contributed by atoms with Gasteiger partial charge in [0.25, 0.3) is 0 Å². The van der Waals surface area contributed by atoms with Gasteiger partial charge in [0.2, 0.25) is 0 Å². The summed E-state index contributed by atoms with van der Waals surface area (Å²) < 4.78 is 4.57. The molecule has 0 aromatic carbocycles. The molecule has 0 aromatic rings. The maximum Gasteiger partial charge on any atom is 0.418 e. The molecule has 0 unspecified atom stereocenters. The third-order valence-electron chi connectivity index (χ3n) is 1.82. The van der Waals surface area contributed by atoms with Gasteiger partial charge in [-0.25, -0.2) is 9.59 Å². The van der Waals surface area contributed by atoms with Gasteiger partial charge in [-0.1, -0.05) is 0 Å². The molecule has 0 radical (unpaired) electrons. The minimum atomic E-state index is -0.661. The predicted molar refractivity (Wildman–Crippen MR) is 53.1 cm³/mol. The first kappa shape index (κ1) is 12.7. The average Bonchev–Trinajstić information content (AvgIpc) is 2.00. The van der Waals surface area contributed by atoms with Gasteiger partial charge in [-0.15, -0.1) is 0 Å². The van der Waals surface area contributed by atoms with Crippen LogP contribution in [-0.4, -0.2) is 48.7 Å². The highest BCUT2D eigenvalue weighted by Crippen LogP contribution is 2.11. The Bertz CT molecular complexity index is 231. The number of hydrogen-bond acceptors (Lipinski definition) is 3. The standard InChI is InChI=1S/C9H18N2O3/c1-9(2,3)11(6)8(13)14-7(12)10(4)5/h1-6H3. The summed E-state index contributed by atoms with van der Waals surface area (Å²) >= 11 is 0. The first-order valence-electron chi connectivity index (χ1n) is 4.33. The van der Waals surface area contributed by atoms with E-state index in [0.717, 1.165) is 0 Å². The van der Waals surface area contributed by atoms with Crippen LogP contribution in [0.15, 0.2) is 0 Å². The maximum absolute atomic E-state index is 11.4. The summed E-state index contributed by atoms with van der Waals surface area (Å²) in [7, 11) is 4.63. The Balaban J connectivity index is 4.30. The summed E-state index contributed by atoms with van der Waals surface area (Å²) in [6.45, 7) is 5.57. The van der Waals surface area contributed by atoms with Crippen molar-refractivity contribution in [1.82, 2.24) is 9.80 Å². The lowest BCUT2D eigenvalue weighted by Crippen LogP contribution is -2.44. The molecule has 0 heterocycles. The lowest BCUT2D eigenvalue weighted by atomic mass is 10.1. The van der Waals surface area contributed by atoms with Crippen LogP contribution in [0.4, 0.5) is 9.59 Å². The van der Waals surface area contributed by atoms with Crippen LogP contribution in [0, 0.1) is 0 Å². The third kappa shape index (κ3) is 3.64. The number of amides is 2. The molecule has 0 aromatic heterocycles. The van der Waals surface area contributed by atoms with Gasteiger partial charge in [-0.3, -0.25) is 0 Å². The summed E-state index contributed by atoms with van der Waals surface area (Å²) in [4.78, 5) is 25.0. The molecule has 0 atom stereocenters. The van der Waals surface area contributed by atoms with Crippen molar-refractivity contribution in [2.75, 3.05) is 21.1 Å². The Morgan fingerprint density at radius 1 is 1.00 bits per heavy atom. The summed E-state index contributed by atoms with van der Waals surface area (Å²) in [5.74, 6) is 0. The SMILES string of the molecule is CN(C)C(=O)OC(=O)N(C)C(C)(C)C. The lowest BCUT2D eigenvalue weighted by molar-refractivity contribution is 0.0870. The van der Waals surface area contributed by atoms with Crippen molar-refractivity contribution >= 4 is 12.2 Å². The average molecular weight is 202 g/mol. The summed E-state index contributed by atoms with van der Waals surface area (Å²) in [6.07, 6.45) is -1.30. The molecule has 0 aliphatic carbocycles. The molecule has 0 rings (SSSR count). The smallest absolute Gasteiger partial charge is 0.359 e. The number of ether oxygens (including phenoxy) is 1. The highest BCUT2D eigenvalue weighted by Gasteiger charge is 2.25. The van der Waals surface area contributed by atoms with Crippen molar-refractivity contribution in [3.63, 3.8) is 0 Å². The molecule has 0 aliphatic rings. The molecule has 5 heteroatoms. The fourth-order valence-corrected chi connectivity index (χ4v) is 0.508. The van der Waals surface area contributed by atoms with E-state index in [9.17, 15) is 9.59 Å². The molecule has 5 nitrogen and oxygen atoms in total. The van der Waals surface area contributed by atoms with Crippen molar-refractivity contribution < 1.29 is 14.3 Å². The molecular weight excluding hydrogens is 184 g/mol. The number of carbonyl (C=O) groups is 2. The maximum atomic E-state index is 11.4. The molecular formula is C9H18N2O3. The van der Waals surface area contributed by atoms with E-state index in [2.05, 4.69) is 4.74 Å². The number of rotatable bonds is 0. The molecule has 0 saturated heterocycles. The van der Waals surface area contributed by atoms with Crippen molar-refractivity contribution in [1.29, 1.82) is 0 Å². The van der Waals surface area contributed by atoms with Gasteiger partial charge < -0.3 is 14.5 Å². The topological polar surface area (TPSA) is 49.9 Å². The van der Waals surface area contributed by atoms with Crippen LogP contribution in [0.3, 0.4) is 0 Å². The zero-order valence-electron chi connectivity index (χ0n) is 9.62. The van der Waals surface area contributed by atoms with E-state index in [0.29, 0.717) is 0 Å². The molecule has 14 heavy (non-hydrogen) atoms. The van der Waals surface area contributed by atoms with Gasteiger partial charge in [0.1, 0.15) is 0 Å². The highest BCUT2D eigenvalue weighted by molar-refractivity contribution is 5.83. The number of carbonyl (C=O) groups excluding carboxylic acids is 2. The van der Waals surface area contributed by atoms with Crippen molar-refractivity contribution in [3.8, 4) is 0 Å². The molecule has 0 saturated carbocycles. The molecule has 0 aliphatic heterocycles. The van der Waals surface area contributed by atoms with E-state index in [1.54, 1.807) is 7.05 Å². The van der Waals surface area contributed by atoms with Gasteiger partial charge in [-0.2, -0.15) is 0 Å². The largest absolute Gasteiger partial charge is 0.418 e. The second-order valence-electron chi connectivity index (χ2n) is 4.26. The molecule has 0 bridgehead atoms. The minimum absolute atomic E-state index is 0.357. The molecule has 0 N–H and O–H groups in total. The van der Waals surface area contributed by atoms with E-state index < -0.39 is 12.2 Å². The minimum Gasteiger partial charge on any atom is -0.359 e. The second kappa shape index (κ2) is 4.30. The van der Waals surface area contributed by atoms with Crippen LogP contribution in [0.25, 0.3) is 0 Å². The fourth-order valence-electron chi connectivity index (χ4n) is 0.508. The molecule has 0 fully saturated rings. The van der Waals surface area contributed by atoms with Gasteiger partial charge in [-0.05, 0) is 20.8 Å². The van der Waals surface area contributed by atoms with Crippen LogP contribution in [0.2, 0.25) is 0 Å². The number of nitrogens with zero attached hydrogens (tertiary/aromatic N) is 2.